The Kier molecular flexibility index (Phi) is 3.59. The summed E-state index contributed by atoms with van der Waals surface area (Å²) in [5.74, 6) is 1.15. The molecule has 2 N–H and O–H groups in total. The molecule has 2 heterocycles. The fraction of sp³-hybridized carbons (Fsp3) is 0.417. The van der Waals surface area contributed by atoms with E-state index in [0.717, 1.165) is 20.0 Å². The number of hydrogen-bond acceptors (Lipinski definition) is 5. The minimum atomic E-state index is -0.0609. The van der Waals surface area contributed by atoms with Gasteiger partial charge in [0.1, 0.15) is 5.82 Å². The van der Waals surface area contributed by atoms with Gasteiger partial charge in [0.15, 0.2) is 10.8 Å². The van der Waals surface area contributed by atoms with Gasteiger partial charge in [0.2, 0.25) is 0 Å². The van der Waals surface area contributed by atoms with E-state index in [4.69, 9.17) is 5.73 Å². The molecule has 0 radical (unpaired) electrons. The fourth-order valence-corrected chi connectivity index (χ4v) is 3.29. The zero-order chi connectivity index (χ0) is 13.5. The van der Waals surface area contributed by atoms with Crippen LogP contribution in [0.15, 0.2) is 5.38 Å². The third-order valence-electron chi connectivity index (χ3n) is 2.40. The van der Waals surface area contributed by atoms with E-state index in [9.17, 15) is 0 Å². The van der Waals surface area contributed by atoms with Gasteiger partial charge in [-0.15, -0.1) is 11.3 Å². The smallest absolute Gasteiger partial charge is 0.191 e. The quantitative estimate of drug-likeness (QED) is 0.778. The number of hydrogen-bond donors (Lipinski definition) is 1. The Hall–Kier alpha value is -0.760. The summed E-state index contributed by atoms with van der Waals surface area (Å²) in [6.45, 7) is 8.32. The van der Waals surface area contributed by atoms with Gasteiger partial charge in [-0.2, -0.15) is 0 Å². The molecular weight excluding hydrogens is 359 g/mol. The Morgan fingerprint density at radius 1 is 1.22 bits per heavy atom. The highest BCUT2D eigenvalue weighted by Gasteiger charge is 2.23. The van der Waals surface area contributed by atoms with Gasteiger partial charge >= 0.3 is 0 Å². The van der Waals surface area contributed by atoms with Crippen molar-refractivity contribution in [3.63, 3.8) is 0 Å². The lowest BCUT2D eigenvalue weighted by atomic mass is 9.92. The maximum Gasteiger partial charge on any atom is 0.191 e. The van der Waals surface area contributed by atoms with Crippen LogP contribution in [0.5, 0.6) is 0 Å². The molecule has 2 aromatic rings. The van der Waals surface area contributed by atoms with E-state index in [1.54, 1.807) is 11.3 Å². The molecule has 2 rings (SSSR count). The third-order valence-corrected chi connectivity index (χ3v) is 4.42. The lowest BCUT2D eigenvalue weighted by molar-refractivity contribution is 0.564. The Balaban J connectivity index is 2.61. The Morgan fingerprint density at radius 2 is 1.89 bits per heavy atom. The standard InChI is InChI=1S/C12H15IN4S/c1-6-5-18-11(15-6)10-16-8(12(2,3)4)7(13)9(14)17-10/h5H,1-4H3,(H2,14,16,17). The van der Waals surface area contributed by atoms with Gasteiger partial charge in [-0.3, -0.25) is 0 Å². The highest BCUT2D eigenvalue weighted by molar-refractivity contribution is 14.1. The molecule has 0 saturated heterocycles. The molecule has 0 saturated carbocycles. The number of aromatic nitrogens is 3. The van der Waals surface area contributed by atoms with Crippen LogP contribution in [-0.2, 0) is 5.41 Å². The molecule has 0 amide bonds. The zero-order valence-corrected chi connectivity index (χ0v) is 13.8. The van der Waals surface area contributed by atoms with Gasteiger partial charge in [-0.05, 0) is 29.5 Å². The largest absolute Gasteiger partial charge is 0.383 e. The molecule has 2 aromatic heterocycles. The number of nitrogens with zero attached hydrogens (tertiary/aromatic N) is 3. The van der Waals surface area contributed by atoms with Crippen molar-refractivity contribution in [2.24, 2.45) is 0 Å². The van der Waals surface area contributed by atoms with Crippen molar-refractivity contribution in [2.75, 3.05) is 5.73 Å². The van der Waals surface area contributed by atoms with Crippen molar-refractivity contribution >= 4 is 39.7 Å². The predicted molar refractivity (Wildman–Crippen MR) is 83.7 cm³/mol. The molecule has 0 bridgehead atoms. The van der Waals surface area contributed by atoms with Crippen LogP contribution in [0, 0.1) is 10.5 Å². The average molecular weight is 374 g/mol. The predicted octanol–water partition coefficient (Wildman–Crippen LogP) is 3.39. The molecule has 0 aliphatic heterocycles. The topological polar surface area (TPSA) is 64.7 Å². The number of aryl methyl sites for hydroxylation is 1. The van der Waals surface area contributed by atoms with Crippen LogP contribution in [0.1, 0.15) is 32.2 Å². The first kappa shape index (κ1) is 13.7. The fourth-order valence-electron chi connectivity index (χ4n) is 1.51. The lowest BCUT2D eigenvalue weighted by Crippen LogP contribution is -2.18. The van der Waals surface area contributed by atoms with Crippen LogP contribution in [0.2, 0.25) is 0 Å². The highest BCUT2D eigenvalue weighted by Crippen LogP contribution is 2.31. The second kappa shape index (κ2) is 4.73. The van der Waals surface area contributed by atoms with E-state index in [0.29, 0.717) is 11.6 Å². The molecule has 0 spiro atoms. The Bertz CT molecular complexity index is 586. The van der Waals surface area contributed by atoms with Crippen molar-refractivity contribution in [1.82, 2.24) is 15.0 Å². The van der Waals surface area contributed by atoms with E-state index < -0.39 is 0 Å². The highest BCUT2D eigenvalue weighted by atomic mass is 127. The Morgan fingerprint density at radius 3 is 2.39 bits per heavy atom. The zero-order valence-electron chi connectivity index (χ0n) is 10.8. The first-order valence-electron chi connectivity index (χ1n) is 5.55. The van der Waals surface area contributed by atoms with Gasteiger partial charge in [0, 0.05) is 16.5 Å². The first-order valence-corrected chi connectivity index (χ1v) is 7.51. The van der Waals surface area contributed by atoms with Gasteiger partial charge in [0.25, 0.3) is 0 Å². The molecule has 96 valence electrons. The van der Waals surface area contributed by atoms with Crippen LogP contribution in [-0.4, -0.2) is 15.0 Å². The SMILES string of the molecule is Cc1csc(-c2nc(N)c(I)c(C(C)(C)C)n2)n1. The third kappa shape index (κ3) is 2.64. The normalized spacial score (nSPS) is 11.8. The van der Waals surface area contributed by atoms with Crippen molar-refractivity contribution in [3.8, 4) is 10.8 Å². The molecule has 0 fully saturated rings. The van der Waals surface area contributed by atoms with Crippen LogP contribution in [0.3, 0.4) is 0 Å². The maximum atomic E-state index is 5.98. The molecule has 0 aliphatic carbocycles. The van der Waals surface area contributed by atoms with E-state index in [-0.39, 0.29) is 5.41 Å². The summed E-state index contributed by atoms with van der Waals surface area (Å²) < 4.78 is 0.928. The molecule has 0 unspecified atom stereocenters. The van der Waals surface area contributed by atoms with Gasteiger partial charge < -0.3 is 5.73 Å². The monoisotopic (exact) mass is 374 g/mol. The van der Waals surface area contributed by atoms with Crippen molar-refractivity contribution in [1.29, 1.82) is 0 Å². The molecular formula is C12H15IN4S. The summed E-state index contributed by atoms with van der Waals surface area (Å²) in [4.78, 5) is 13.4. The molecule has 6 heteroatoms. The number of nitrogen functional groups attached to an aromatic ring is 1. The molecule has 18 heavy (non-hydrogen) atoms. The first-order chi connectivity index (χ1) is 8.29. The number of halogens is 1. The van der Waals surface area contributed by atoms with Crippen molar-refractivity contribution < 1.29 is 0 Å². The molecule has 4 nitrogen and oxygen atoms in total. The van der Waals surface area contributed by atoms with E-state index in [1.165, 1.54) is 0 Å². The van der Waals surface area contributed by atoms with Crippen LogP contribution in [0.25, 0.3) is 10.8 Å². The minimum Gasteiger partial charge on any atom is -0.383 e. The molecule has 0 atom stereocenters. The molecule has 0 aromatic carbocycles. The van der Waals surface area contributed by atoms with Crippen LogP contribution in [0.4, 0.5) is 5.82 Å². The summed E-state index contributed by atoms with van der Waals surface area (Å²) in [6, 6.07) is 0. The van der Waals surface area contributed by atoms with Gasteiger partial charge in [-0.25, -0.2) is 15.0 Å². The van der Waals surface area contributed by atoms with E-state index >= 15 is 0 Å². The molecule has 0 aliphatic rings. The number of anilines is 1. The summed E-state index contributed by atoms with van der Waals surface area (Å²) in [5.41, 5.74) is 7.87. The minimum absolute atomic E-state index is 0.0609. The van der Waals surface area contributed by atoms with E-state index in [2.05, 4.69) is 58.3 Å². The summed E-state index contributed by atoms with van der Waals surface area (Å²) in [7, 11) is 0. The summed E-state index contributed by atoms with van der Waals surface area (Å²) >= 11 is 3.75. The van der Waals surface area contributed by atoms with Crippen molar-refractivity contribution in [3.05, 3.63) is 20.3 Å². The van der Waals surface area contributed by atoms with Gasteiger partial charge in [0.05, 0.1) is 9.26 Å². The number of thiazole rings is 1. The van der Waals surface area contributed by atoms with Crippen LogP contribution >= 0.6 is 33.9 Å². The number of rotatable bonds is 1. The summed E-state index contributed by atoms with van der Waals surface area (Å²) in [6.07, 6.45) is 0. The Labute approximate surface area is 124 Å². The summed E-state index contributed by atoms with van der Waals surface area (Å²) in [5, 5.41) is 2.81. The maximum absolute atomic E-state index is 5.98. The van der Waals surface area contributed by atoms with Crippen molar-refractivity contribution in [2.45, 2.75) is 33.1 Å². The second-order valence-corrected chi connectivity index (χ2v) is 7.08. The van der Waals surface area contributed by atoms with Crippen LogP contribution < -0.4 is 5.73 Å². The second-order valence-electron chi connectivity index (χ2n) is 5.14. The number of nitrogens with two attached hydrogens (primary N) is 1. The lowest BCUT2D eigenvalue weighted by Gasteiger charge is -2.20. The average Bonchev–Trinajstić information content (AvgIpc) is 2.67. The van der Waals surface area contributed by atoms with Gasteiger partial charge in [-0.1, -0.05) is 20.8 Å². The van der Waals surface area contributed by atoms with E-state index in [1.807, 2.05) is 12.3 Å².